The summed E-state index contributed by atoms with van der Waals surface area (Å²) in [5, 5.41) is 9.16. The zero-order chi connectivity index (χ0) is 15.6. The van der Waals surface area contributed by atoms with Crippen LogP contribution in [0.4, 0.5) is 8.78 Å². The van der Waals surface area contributed by atoms with Crippen molar-refractivity contribution < 1.29 is 23.5 Å². The molecule has 0 aliphatic carbocycles. The monoisotopic (exact) mass is 297 g/mol. The maximum absolute atomic E-state index is 13.1. The molecule has 1 fully saturated rings. The molecular formula is C15H17F2NO3. The van der Waals surface area contributed by atoms with E-state index in [1.54, 1.807) is 13.0 Å². The first kappa shape index (κ1) is 15.4. The van der Waals surface area contributed by atoms with Gasteiger partial charge in [-0.05, 0) is 24.1 Å². The lowest BCUT2D eigenvalue weighted by molar-refractivity contribution is -0.0494. The highest BCUT2D eigenvalue weighted by Gasteiger charge is 2.36. The van der Waals surface area contributed by atoms with Gasteiger partial charge in [-0.15, -0.1) is 0 Å². The van der Waals surface area contributed by atoms with Gasteiger partial charge in [0, 0.05) is 31.5 Å². The minimum atomic E-state index is -2.72. The molecule has 4 nitrogen and oxygen atoms in total. The van der Waals surface area contributed by atoms with E-state index in [0.717, 1.165) is 0 Å². The van der Waals surface area contributed by atoms with Gasteiger partial charge in [0.1, 0.15) is 0 Å². The topological polar surface area (TPSA) is 57.6 Å². The first-order valence-electron chi connectivity index (χ1n) is 6.88. The van der Waals surface area contributed by atoms with Crippen molar-refractivity contribution in [2.45, 2.75) is 32.1 Å². The lowest BCUT2D eigenvalue weighted by Gasteiger charge is -2.32. The van der Waals surface area contributed by atoms with Crippen molar-refractivity contribution in [2.75, 3.05) is 13.1 Å². The average Bonchev–Trinajstić information content (AvgIpc) is 2.45. The number of hydrogen-bond acceptors (Lipinski definition) is 2. The van der Waals surface area contributed by atoms with Gasteiger partial charge in [0.05, 0.1) is 5.56 Å². The Labute approximate surface area is 121 Å². The van der Waals surface area contributed by atoms with E-state index in [9.17, 15) is 18.4 Å². The number of carbonyl (C=O) groups excluding carboxylic acids is 1. The van der Waals surface area contributed by atoms with E-state index in [-0.39, 0.29) is 37.4 Å². The van der Waals surface area contributed by atoms with Gasteiger partial charge >= 0.3 is 5.97 Å². The number of benzene rings is 1. The molecular weight excluding hydrogens is 280 g/mol. The molecule has 1 aromatic rings. The van der Waals surface area contributed by atoms with Crippen LogP contribution in [0.2, 0.25) is 0 Å². The molecule has 0 aromatic heterocycles. The van der Waals surface area contributed by atoms with Gasteiger partial charge in [0.15, 0.2) is 0 Å². The molecule has 1 aliphatic rings. The largest absolute Gasteiger partial charge is 0.478 e. The Bertz CT molecular complexity index is 562. The molecule has 0 spiro atoms. The van der Waals surface area contributed by atoms with E-state index in [1.165, 1.54) is 17.0 Å². The Hall–Kier alpha value is -1.98. The number of alkyl halides is 2. The summed E-state index contributed by atoms with van der Waals surface area (Å²) < 4.78 is 26.3. The lowest BCUT2D eigenvalue weighted by atomic mass is 9.97. The number of piperidine rings is 1. The highest BCUT2D eigenvalue weighted by Crippen LogP contribution is 2.29. The Morgan fingerprint density at radius 3 is 2.33 bits per heavy atom. The Balaban J connectivity index is 2.28. The van der Waals surface area contributed by atoms with Gasteiger partial charge in [-0.2, -0.15) is 0 Å². The fourth-order valence-electron chi connectivity index (χ4n) is 2.58. The predicted molar refractivity (Wildman–Crippen MR) is 72.9 cm³/mol. The Morgan fingerprint density at radius 1 is 1.24 bits per heavy atom. The molecule has 0 unspecified atom stereocenters. The third kappa shape index (κ3) is 3.20. The summed E-state index contributed by atoms with van der Waals surface area (Å²) in [4.78, 5) is 25.0. The zero-order valence-corrected chi connectivity index (χ0v) is 11.7. The molecule has 1 aliphatic heterocycles. The number of rotatable bonds is 3. The molecule has 1 saturated heterocycles. The van der Waals surface area contributed by atoms with Crippen LogP contribution in [-0.4, -0.2) is 40.9 Å². The molecule has 0 radical (unpaired) electrons. The molecule has 0 saturated carbocycles. The number of likely N-dealkylation sites (tertiary alicyclic amines) is 1. The quantitative estimate of drug-likeness (QED) is 0.933. The Morgan fingerprint density at radius 2 is 1.81 bits per heavy atom. The summed E-state index contributed by atoms with van der Waals surface area (Å²) >= 11 is 0. The summed E-state index contributed by atoms with van der Waals surface area (Å²) in [5.41, 5.74) is 0.834. The second kappa shape index (κ2) is 5.79. The molecule has 114 valence electrons. The van der Waals surface area contributed by atoms with E-state index in [1.807, 2.05) is 0 Å². The maximum atomic E-state index is 13.1. The molecule has 1 N–H and O–H groups in total. The lowest BCUT2D eigenvalue weighted by Crippen LogP contribution is -2.43. The number of carboxylic acid groups (broad SMARTS) is 1. The number of nitrogens with zero attached hydrogens (tertiary/aromatic N) is 1. The summed E-state index contributed by atoms with van der Waals surface area (Å²) in [7, 11) is 0. The zero-order valence-electron chi connectivity index (χ0n) is 11.7. The van der Waals surface area contributed by atoms with E-state index in [0.29, 0.717) is 17.5 Å². The van der Waals surface area contributed by atoms with Gasteiger partial charge < -0.3 is 10.0 Å². The number of amides is 1. The fourth-order valence-corrected chi connectivity index (χ4v) is 2.58. The smallest absolute Gasteiger partial charge is 0.335 e. The number of carbonyl (C=O) groups is 2. The summed E-state index contributed by atoms with van der Waals surface area (Å²) in [6.07, 6.45) is -0.300. The van der Waals surface area contributed by atoms with Crippen molar-refractivity contribution in [1.82, 2.24) is 4.90 Å². The molecule has 1 amide bonds. The standard InChI is InChI=1S/C15H17F2NO3/c1-2-10-11(4-3-5-12(10)14(20)21)13(19)18-8-6-15(16,17)7-9-18/h3-5H,2,6-9H2,1H3,(H,20,21). The minimum absolute atomic E-state index is 0.00765. The van der Waals surface area contributed by atoms with Crippen molar-refractivity contribution >= 4 is 11.9 Å². The Kier molecular flexibility index (Phi) is 4.25. The molecule has 6 heteroatoms. The van der Waals surface area contributed by atoms with Gasteiger partial charge in [0.2, 0.25) is 0 Å². The van der Waals surface area contributed by atoms with E-state index < -0.39 is 11.9 Å². The highest BCUT2D eigenvalue weighted by molar-refractivity contribution is 6.00. The van der Waals surface area contributed by atoms with Crippen LogP contribution in [0.15, 0.2) is 18.2 Å². The third-order valence-electron chi connectivity index (χ3n) is 3.77. The maximum Gasteiger partial charge on any atom is 0.335 e. The van der Waals surface area contributed by atoms with Crippen LogP contribution in [0.1, 0.15) is 46.0 Å². The number of aromatic carboxylic acids is 1. The molecule has 0 bridgehead atoms. The first-order valence-corrected chi connectivity index (χ1v) is 6.88. The van der Waals surface area contributed by atoms with Crippen molar-refractivity contribution in [3.63, 3.8) is 0 Å². The van der Waals surface area contributed by atoms with Crippen LogP contribution in [0, 0.1) is 0 Å². The first-order chi connectivity index (χ1) is 9.85. The highest BCUT2D eigenvalue weighted by atomic mass is 19.3. The van der Waals surface area contributed by atoms with Crippen LogP contribution in [0.5, 0.6) is 0 Å². The van der Waals surface area contributed by atoms with Gasteiger partial charge in [-0.25, -0.2) is 13.6 Å². The van der Waals surface area contributed by atoms with Crippen LogP contribution in [0.25, 0.3) is 0 Å². The molecule has 0 atom stereocenters. The molecule has 1 aromatic carbocycles. The number of halogens is 2. The molecule has 2 rings (SSSR count). The van der Waals surface area contributed by atoms with Gasteiger partial charge in [-0.1, -0.05) is 13.0 Å². The van der Waals surface area contributed by atoms with Crippen molar-refractivity contribution in [1.29, 1.82) is 0 Å². The second-order valence-electron chi connectivity index (χ2n) is 5.14. The molecule has 1 heterocycles. The SMILES string of the molecule is CCc1c(C(=O)O)cccc1C(=O)N1CCC(F)(F)CC1. The summed E-state index contributed by atoms with van der Waals surface area (Å²) in [6.45, 7) is 1.75. The average molecular weight is 297 g/mol. The predicted octanol–water partition coefficient (Wildman–Crippen LogP) is 2.82. The summed E-state index contributed by atoms with van der Waals surface area (Å²) in [6, 6.07) is 4.51. The van der Waals surface area contributed by atoms with E-state index in [4.69, 9.17) is 5.11 Å². The minimum Gasteiger partial charge on any atom is -0.478 e. The normalized spacial score (nSPS) is 17.6. The van der Waals surface area contributed by atoms with Gasteiger partial charge in [-0.3, -0.25) is 4.79 Å². The number of carboxylic acids is 1. The van der Waals surface area contributed by atoms with E-state index >= 15 is 0 Å². The van der Waals surface area contributed by atoms with Crippen molar-refractivity contribution in [2.24, 2.45) is 0 Å². The summed E-state index contributed by atoms with van der Waals surface area (Å²) in [5.74, 6) is -4.18. The van der Waals surface area contributed by atoms with Crippen molar-refractivity contribution in [3.05, 3.63) is 34.9 Å². The van der Waals surface area contributed by atoms with E-state index in [2.05, 4.69) is 0 Å². The van der Waals surface area contributed by atoms with Crippen LogP contribution < -0.4 is 0 Å². The van der Waals surface area contributed by atoms with Gasteiger partial charge in [0.25, 0.3) is 11.8 Å². The molecule has 21 heavy (non-hydrogen) atoms. The third-order valence-corrected chi connectivity index (χ3v) is 3.77. The van der Waals surface area contributed by atoms with Crippen LogP contribution in [0.3, 0.4) is 0 Å². The van der Waals surface area contributed by atoms with Crippen LogP contribution in [-0.2, 0) is 6.42 Å². The van der Waals surface area contributed by atoms with Crippen molar-refractivity contribution in [3.8, 4) is 0 Å². The second-order valence-corrected chi connectivity index (χ2v) is 5.14. The fraction of sp³-hybridized carbons (Fsp3) is 0.467. The van der Waals surface area contributed by atoms with Crippen LogP contribution >= 0.6 is 0 Å². The number of hydrogen-bond donors (Lipinski definition) is 1.